The van der Waals surface area contributed by atoms with Gasteiger partial charge in [0.2, 0.25) is 5.91 Å². The van der Waals surface area contributed by atoms with Gasteiger partial charge in [0.25, 0.3) is 5.91 Å². The number of hydrogen-bond donors (Lipinski definition) is 3. The summed E-state index contributed by atoms with van der Waals surface area (Å²) in [7, 11) is -8.62. The van der Waals surface area contributed by atoms with E-state index in [0.29, 0.717) is 18.4 Å². The fraction of sp³-hybridized carbons (Fsp3) is 0.276. The number of anilines is 1. The molecule has 3 aromatic rings. The molecule has 2 bridgehead atoms. The maximum absolute atomic E-state index is 15.0. The molecule has 0 aliphatic heterocycles. The van der Waals surface area contributed by atoms with Crippen LogP contribution in [0, 0.1) is 23.6 Å². The van der Waals surface area contributed by atoms with Gasteiger partial charge in [0.1, 0.15) is 16.5 Å². The van der Waals surface area contributed by atoms with Crippen molar-refractivity contribution in [3.63, 3.8) is 0 Å². The standard InChI is InChI=1S/C29H26F6N2O5S/c1-42-24-14-23(30)21(15-2-4-16(5-3-15)29(40)41)13-22(24)27(38)37-26-18-7-6-17(12-18)25(26)28(39)36-19-8-10-20(11-9-19)43(31,32,33,34)35/h2-5,8-11,13-14,17-18,25-26H,6-7,12H2,1H3,(H,36,39)(H,37,38)(H,40,41). The Morgan fingerprint density at radius 1 is 0.907 bits per heavy atom. The summed E-state index contributed by atoms with van der Waals surface area (Å²) in [6.07, 6.45) is 2.03. The summed E-state index contributed by atoms with van der Waals surface area (Å²) in [6, 6.07) is 8.94. The molecule has 3 aromatic carbocycles. The van der Waals surface area contributed by atoms with Crippen LogP contribution in [0.15, 0.2) is 65.6 Å². The Hall–Kier alpha value is -4.20. The highest BCUT2D eigenvalue weighted by Gasteiger charge is 2.65. The molecule has 5 rings (SSSR count). The first-order chi connectivity index (χ1) is 19.9. The number of ether oxygens (including phenoxy) is 1. The minimum absolute atomic E-state index is 0.00762. The molecule has 4 atom stereocenters. The normalized spacial score (nSPS) is 22.8. The molecule has 0 saturated heterocycles. The Balaban J connectivity index is 1.37. The van der Waals surface area contributed by atoms with Crippen molar-refractivity contribution < 1.29 is 48.0 Å². The topological polar surface area (TPSA) is 105 Å². The highest BCUT2D eigenvalue weighted by molar-refractivity contribution is 8.45. The van der Waals surface area contributed by atoms with E-state index in [1.54, 1.807) is 0 Å². The number of aromatic carboxylic acids is 1. The number of halogens is 6. The van der Waals surface area contributed by atoms with Gasteiger partial charge in [-0.15, -0.1) is 0 Å². The number of hydrogen-bond acceptors (Lipinski definition) is 4. The first-order valence-corrected chi connectivity index (χ1v) is 15.1. The van der Waals surface area contributed by atoms with Gasteiger partial charge in [0.15, 0.2) is 0 Å². The number of amides is 2. The van der Waals surface area contributed by atoms with E-state index in [-0.39, 0.29) is 52.1 Å². The number of nitrogens with one attached hydrogen (secondary N) is 2. The number of methoxy groups -OCH3 is 1. The van der Waals surface area contributed by atoms with Crippen LogP contribution in [0.1, 0.15) is 40.0 Å². The van der Waals surface area contributed by atoms with E-state index in [4.69, 9.17) is 9.84 Å². The Morgan fingerprint density at radius 2 is 1.53 bits per heavy atom. The molecule has 7 nitrogen and oxygen atoms in total. The van der Waals surface area contributed by atoms with Crippen LogP contribution in [0.4, 0.5) is 29.5 Å². The zero-order valence-corrected chi connectivity index (χ0v) is 23.3. The molecule has 2 fully saturated rings. The van der Waals surface area contributed by atoms with Gasteiger partial charge in [-0.1, -0.05) is 31.6 Å². The largest absolute Gasteiger partial charge is 0.496 e. The van der Waals surface area contributed by atoms with Crippen LogP contribution in [-0.2, 0) is 4.79 Å². The lowest BCUT2D eigenvalue weighted by Crippen LogP contribution is -2.48. The summed E-state index contributed by atoms with van der Waals surface area (Å²) >= 11 is 0. The van der Waals surface area contributed by atoms with Gasteiger partial charge in [-0.25, -0.2) is 9.18 Å². The Labute approximate surface area is 242 Å². The van der Waals surface area contributed by atoms with Crippen LogP contribution in [-0.4, -0.2) is 36.0 Å². The molecule has 14 heteroatoms. The maximum Gasteiger partial charge on any atom is 0.335 e. The van der Waals surface area contributed by atoms with E-state index in [1.165, 1.54) is 37.4 Å². The van der Waals surface area contributed by atoms with Crippen LogP contribution in [0.25, 0.3) is 11.1 Å². The number of fused-ring (bicyclic) bond motifs is 2. The Kier molecular flexibility index (Phi) is 6.99. The van der Waals surface area contributed by atoms with Crippen molar-refractivity contribution >= 4 is 33.7 Å². The molecular formula is C29H26F6N2O5S. The first kappa shape index (κ1) is 30.3. The predicted molar refractivity (Wildman–Crippen MR) is 147 cm³/mol. The van der Waals surface area contributed by atoms with E-state index in [0.717, 1.165) is 24.6 Å². The lowest BCUT2D eigenvalue weighted by atomic mass is 9.83. The molecule has 3 N–H and O–H groups in total. The first-order valence-electron chi connectivity index (χ1n) is 13.1. The number of rotatable bonds is 8. The molecular weight excluding hydrogens is 602 g/mol. The molecule has 230 valence electrons. The van der Waals surface area contributed by atoms with Crippen molar-refractivity contribution in [2.75, 3.05) is 12.4 Å². The van der Waals surface area contributed by atoms with Gasteiger partial charge in [0.05, 0.1) is 24.2 Å². The van der Waals surface area contributed by atoms with Gasteiger partial charge in [-0.3, -0.25) is 9.59 Å². The molecule has 0 radical (unpaired) electrons. The van der Waals surface area contributed by atoms with Crippen molar-refractivity contribution in [2.45, 2.75) is 30.2 Å². The van der Waals surface area contributed by atoms with Gasteiger partial charge in [-0.2, -0.15) is 0 Å². The second-order valence-electron chi connectivity index (χ2n) is 10.8. The fourth-order valence-corrected chi connectivity index (χ4v) is 6.69. The second kappa shape index (κ2) is 9.93. The van der Waals surface area contributed by atoms with E-state index in [2.05, 4.69) is 10.6 Å². The van der Waals surface area contributed by atoms with Crippen LogP contribution in [0.3, 0.4) is 0 Å². The summed E-state index contributed by atoms with van der Waals surface area (Å²) in [5.41, 5.74) is 0.177. The third kappa shape index (κ3) is 6.14. The molecule has 2 aliphatic carbocycles. The molecule has 4 unspecified atom stereocenters. The SMILES string of the molecule is COc1cc(F)c(-c2ccc(C(=O)O)cc2)cc1C(=O)NC1C2CCC(C2)C1C(=O)Nc1ccc(S(F)(F)(F)(F)F)cc1. The van der Waals surface area contributed by atoms with Crippen LogP contribution >= 0.6 is 10.2 Å². The van der Waals surface area contributed by atoms with Crippen LogP contribution in [0.5, 0.6) is 5.75 Å². The lowest BCUT2D eigenvalue weighted by molar-refractivity contribution is -0.122. The van der Waals surface area contributed by atoms with Crippen molar-refractivity contribution in [2.24, 2.45) is 17.8 Å². The van der Waals surface area contributed by atoms with E-state index in [1.807, 2.05) is 0 Å². The van der Waals surface area contributed by atoms with Crippen LogP contribution in [0.2, 0.25) is 0 Å². The van der Waals surface area contributed by atoms with Crippen molar-refractivity contribution in [3.8, 4) is 16.9 Å². The third-order valence-electron chi connectivity index (χ3n) is 8.06. The summed E-state index contributed by atoms with van der Waals surface area (Å²) < 4.78 is 85.5. The summed E-state index contributed by atoms with van der Waals surface area (Å²) in [5, 5.41) is 14.5. The molecule has 0 heterocycles. The fourth-order valence-electron chi connectivity index (χ4n) is 6.04. The molecule has 2 saturated carbocycles. The van der Waals surface area contributed by atoms with E-state index < -0.39 is 50.7 Å². The highest BCUT2D eigenvalue weighted by atomic mass is 32.5. The second-order valence-corrected chi connectivity index (χ2v) is 13.2. The lowest BCUT2D eigenvalue weighted by Gasteiger charge is -2.40. The molecule has 43 heavy (non-hydrogen) atoms. The molecule has 0 spiro atoms. The minimum Gasteiger partial charge on any atom is -0.496 e. The maximum atomic E-state index is 15.0. The van der Waals surface area contributed by atoms with E-state index in [9.17, 15) is 38.2 Å². The summed E-state index contributed by atoms with van der Waals surface area (Å²) in [6.45, 7) is 0. The van der Waals surface area contributed by atoms with Gasteiger partial charge < -0.3 is 20.5 Å². The third-order valence-corrected chi connectivity index (χ3v) is 9.22. The van der Waals surface area contributed by atoms with Crippen molar-refractivity contribution in [1.82, 2.24) is 5.32 Å². The Bertz CT molecular complexity index is 1620. The van der Waals surface area contributed by atoms with Crippen molar-refractivity contribution in [3.05, 3.63) is 77.6 Å². The predicted octanol–water partition coefficient (Wildman–Crippen LogP) is 7.64. The zero-order chi connectivity index (χ0) is 31.4. The molecule has 0 aromatic heterocycles. The monoisotopic (exact) mass is 628 g/mol. The van der Waals surface area contributed by atoms with Gasteiger partial charge >= 0.3 is 16.2 Å². The number of carbonyl (C=O) groups excluding carboxylic acids is 2. The van der Waals surface area contributed by atoms with Crippen molar-refractivity contribution in [1.29, 1.82) is 0 Å². The zero-order valence-electron chi connectivity index (χ0n) is 22.5. The number of benzene rings is 3. The number of carboxylic acid groups (broad SMARTS) is 1. The summed E-state index contributed by atoms with van der Waals surface area (Å²) in [4.78, 5) is 35.9. The highest BCUT2D eigenvalue weighted by Crippen LogP contribution is 3.02. The van der Waals surface area contributed by atoms with Gasteiger partial charge in [0, 0.05) is 23.4 Å². The smallest absolute Gasteiger partial charge is 0.335 e. The number of carboxylic acids is 1. The molecule has 2 amide bonds. The summed E-state index contributed by atoms with van der Waals surface area (Å²) in [5.74, 6) is -4.15. The average molecular weight is 629 g/mol. The van der Waals surface area contributed by atoms with Crippen LogP contribution < -0.4 is 15.4 Å². The van der Waals surface area contributed by atoms with E-state index >= 15 is 0 Å². The molecule has 2 aliphatic rings. The van der Waals surface area contributed by atoms with Gasteiger partial charge in [-0.05, 0) is 79.1 Å². The average Bonchev–Trinajstić information content (AvgIpc) is 3.54. The Morgan fingerprint density at radius 3 is 2.12 bits per heavy atom. The minimum atomic E-state index is -9.87. The quantitative estimate of drug-likeness (QED) is 0.223. The number of carbonyl (C=O) groups is 3.